The number of nitrogens with one attached hydrogen (secondary N) is 2. The quantitative estimate of drug-likeness (QED) is 0.529. The van der Waals surface area contributed by atoms with Crippen molar-refractivity contribution in [1.82, 2.24) is 20.4 Å². The number of hydrogen-bond acceptors (Lipinski definition) is 7. The average Bonchev–Trinajstić information content (AvgIpc) is 3.29. The molecule has 9 heteroatoms. The molecular weight excluding hydrogens is 454 g/mol. The van der Waals surface area contributed by atoms with E-state index in [1.165, 1.54) is 60.8 Å². The van der Waals surface area contributed by atoms with Gasteiger partial charge in [0.2, 0.25) is 16.9 Å². The van der Waals surface area contributed by atoms with Crippen molar-refractivity contribution >= 4 is 45.7 Å². The van der Waals surface area contributed by atoms with Gasteiger partial charge in [0.05, 0.1) is 5.75 Å². The van der Waals surface area contributed by atoms with E-state index in [2.05, 4.69) is 26.9 Å². The van der Waals surface area contributed by atoms with Crippen LogP contribution in [0.4, 0.5) is 10.8 Å². The summed E-state index contributed by atoms with van der Waals surface area (Å²) in [5, 5.41) is 15.5. The van der Waals surface area contributed by atoms with E-state index in [9.17, 15) is 9.59 Å². The number of carbonyl (C=O) groups is 2. The molecule has 0 unspecified atom stereocenters. The van der Waals surface area contributed by atoms with Gasteiger partial charge in [-0.1, -0.05) is 54.5 Å². The van der Waals surface area contributed by atoms with Crippen molar-refractivity contribution in [1.29, 1.82) is 0 Å². The van der Waals surface area contributed by atoms with Crippen LogP contribution >= 0.6 is 23.1 Å². The minimum absolute atomic E-state index is 0.0312. The Morgan fingerprint density at radius 2 is 1.91 bits per heavy atom. The van der Waals surface area contributed by atoms with Crippen LogP contribution in [0.5, 0.6) is 0 Å². The van der Waals surface area contributed by atoms with E-state index < -0.39 is 0 Å². The minimum atomic E-state index is 0.0312. The van der Waals surface area contributed by atoms with Crippen molar-refractivity contribution in [3.8, 4) is 0 Å². The second-order valence-electron chi connectivity index (χ2n) is 9.06. The monoisotopic (exact) mass is 487 g/mol. The Balaban J connectivity index is 1.16. The van der Waals surface area contributed by atoms with E-state index in [1.54, 1.807) is 0 Å². The Labute approximate surface area is 204 Å². The van der Waals surface area contributed by atoms with Crippen LogP contribution in [-0.2, 0) is 9.59 Å². The van der Waals surface area contributed by atoms with Crippen LogP contribution in [0.2, 0.25) is 0 Å². The molecule has 178 valence electrons. The molecule has 2 aromatic rings. The van der Waals surface area contributed by atoms with Gasteiger partial charge >= 0.3 is 0 Å². The number of amides is 2. The van der Waals surface area contributed by atoms with Crippen LogP contribution in [-0.4, -0.2) is 52.3 Å². The van der Waals surface area contributed by atoms with E-state index in [0.717, 1.165) is 34.5 Å². The normalized spacial score (nSPS) is 17.7. The number of anilines is 2. The predicted octanol–water partition coefficient (Wildman–Crippen LogP) is 4.62. The average molecular weight is 488 g/mol. The second-order valence-corrected chi connectivity index (χ2v) is 11.3. The van der Waals surface area contributed by atoms with Gasteiger partial charge in [0.25, 0.3) is 0 Å². The summed E-state index contributed by atoms with van der Waals surface area (Å²) in [7, 11) is 0. The van der Waals surface area contributed by atoms with Gasteiger partial charge < -0.3 is 15.5 Å². The first-order valence-electron chi connectivity index (χ1n) is 11.9. The van der Waals surface area contributed by atoms with E-state index in [1.807, 2.05) is 30.0 Å². The number of likely N-dealkylation sites (tertiary alicyclic amines) is 1. The largest absolute Gasteiger partial charge is 0.356 e. The lowest BCUT2D eigenvalue weighted by atomic mass is 9.89. The molecule has 1 saturated carbocycles. The number of carbonyl (C=O) groups excluding carboxylic acids is 2. The highest BCUT2D eigenvalue weighted by atomic mass is 32.2. The maximum absolute atomic E-state index is 12.7. The number of piperidine rings is 1. The van der Waals surface area contributed by atoms with Gasteiger partial charge in [-0.3, -0.25) is 9.59 Å². The topological polar surface area (TPSA) is 87.2 Å². The lowest BCUT2D eigenvalue weighted by Crippen LogP contribution is -2.44. The molecule has 0 atom stereocenters. The van der Waals surface area contributed by atoms with Crippen molar-refractivity contribution in [3.63, 3.8) is 0 Å². The molecule has 1 aromatic heterocycles. The minimum Gasteiger partial charge on any atom is -0.356 e. The maximum Gasteiger partial charge on any atom is 0.233 e. The molecule has 33 heavy (non-hydrogen) atoms. The third-order valence-electron chi connectivity index (χ3n) is 6.50. The molecule has 1 aliphatic heterocycles. The van der Waals surface area contributed by atoms with Crippen molar-refractivity contribution in [2.24, 2.45) is 11.8 Å². The molecule has 1 saturated heterocycles. The zero-order chi connectivity index (χ0) is 23.0. The third-order valence-corrected chi connectivity index (χ3v) is 8.46. The number of thioether (sulfide) groups is 1. The summed E-state index contributed by atoms with van der Waals surface area (Å²) in [6, 6.07) is 8.09. The maximum atomic E-state index is 12.7. The molecule has 2 fully saturated rings. The summed E-state index contributed by atoms with van der Waals surface area (Å²) in [6.07, 6.45) is 7.89. The zero-order valence-electron chi connectivity index (χ0n) is 19.2. The molecule has 2 aliphatic rings. The van der Waals surface area contributed by atoms with Crippen molar-refractivity contribution < 1.29 is 9.59 Å². The molecule has 0 radical (unpaired) electrons. The Morgan fingerprint density at radius 1 is 1.12 bits per heavy atom. The molecule has 1 aromatic carbocycles. The molecule has 0 bridgehead atoms. The SMILES string of the molecule is Cc1cccc(Nc2nnc(SCC(=O)N3CCC(C(=O)NCC4CCCCC4)CC3)s2)c1. The summed E-state index contributed by atoms with van der Waals surface area (Å²) < 4.78 is 0.774. The number of benzene rings is 1. The third kappa shape index (κ3) is 7.17. The van der Waals surface area contributed by atoms with Gasteiger partial charge in [0, 0.05) is 31.2 Å². The number of nitrogens with zero attached hydrogens (tertiary/aromatic N) is 3. The molecular formula is C24H33N5O2S2. The number of aromatic nitrogens is 2. The molecule has 2 heterocycles. The standard InChI is InChI=1S/C24H33N5O2S2/c1-17-6-5-9-20(14-17)26-23-27-28-24(33-23)32-16-21(30)29-12-10-19(11-13-29)22(31)25-15-18-7-3-2-4-8-18/h5-6,9,14,18-19H,2-4,7-8,10-13,15-16H2,1H3,(H,25,31)(H,26,27). The summed E-state index contributed by atoms with van der Waals surface area (Å²) in [6.45, 7) is 4.16. The van der Waals surface area contributed by atoms with Crippen LogP contribution in [0.25, 0.3) is 0 Å². The number of hydrogen-bond donors (Lipinski definition) is 2. The van der Waals surface area contributed by atoms with Crippen molar-refractivity contribution in [2.45, 2.75) is 56.2 Å². The Hall–Kier alpha value is -2.13. The first kappa shape index (κ1) is 24.0. The Bertz CT molecular complexity index is 936. The van der Waals surface area contributed by atoms with Crippen LogP contribution in [0.3, 0.4) is 0 Å². The Morgan fingerprint density at radius 3 is 2.67 bits per heavy atom. The van der Waals surface area contributed by atoms with Gasteiger partial charge in [-0.05, 0) is 56.2 Å². The fourth-order valence-electron chi connectivity index (χ4n) is 4.55. The summed E-state index contributed by atoms with van der Waals surface area (Å²) in [4.78, 5) is 27.1. The fraction of sp³-hybridized carbons (Fsp3) is 0.583. The Kier molecular flexibility index (Phi) is 8.61. The highest BCUT2D eigenvalue weighted by Crippen LogP contribution is 2.29. The highest BCUT2D eigenvalue weighted by Gasteiger charge is 2.28. The zero-order valence-corrected chi connectivity index (χ0v) is 20.8. The first-order chi connectivity index (χ1) is 16.1. The fourth-order valence-corrected chi connectivity index (χ4v) is 6.23. The van der Waals surface area contributed by atoms with Gasteiger partial charge in [-0.15, -0.1) is 10.2 Å². The molecule has 1 aliphatic carbocycles. The van der Waals surface area contributed by atoms with E-state index >= 15 is 0 Å². The van der Waals surface area contributed by atoms with E-state index in [0.29, 0.717) is 24.8 Å². The second kappa shape index (κ2) is 11.8. The predicted molar refractivity (Wildman–Crippen MR) is 134 cm³/mol. The molecule has 4 rings (SSSR count). The number of aryl methyl sites for hydroxylation is 1. The van der Waals surface area contributed by atoms with E-state index in [4.69, 9.17) is 0 Å². The van der Waals surface area contributed by atoms with Crippen molar-refractivity contribution in [2.75, 3.05) is 30.7 Å². The van der Waals surface area contributed by atoms with Gasteiger partial charge in [-0.25, -0.2) is 0 Å². The first-order valence-corrected chi connectivity index (χ1v) is 13.7. The highest BCUT2D eigenvalue weighted by molar-refractivity contribution is 8.01. The van der Waals surface area contributed by atoms with Crippen LogP contribution in [0.1, 0.15) is 50.5 Å². The number of rotatable bonds is 8. The van der Waals surface area contributed by atoms with Crippen LogP contribution in [0, 0.1) is 18.8 Å². The van der Waals surface area contributed by atoms with Gasteiger partial charge in [0.1, 0.15) is 0 Å². The summed E-state index contributed by atoms with van der Waals surface area (Å²) in [5.74, 6) is 1.30. The molecule has 2 amide bonds. The smallest absolute Gasteiger partial charge is 0.233 e. The van der Waals surface area contributed by atoms with Crippen LogP contribution in [0.15, 0.2) is 28.6 Å². The lowest BCUT2D eigenvalue weighted by molar-refractivity contribution is -0.133. The van der Waals surface area contributed by atoms with Gasteiger partial charge in [0.15, 0.2) is 4.34 Å². The van der Waals surface area contributed by atoms with E-state index in [-0.39, 0.29) is 17.7 Å². The van der Waals surface area contributed by atoms with Gasteiger partial charge in [-0.2, -0.15) is 0 Å². The molecule has 0 spiro atoms. The van der Waals surface area contributed by atoms with Crippen LogP contribution < -0.4 is 10.6 Å². The molecule has 7 nitrogen and oxygen atoms in total. The molecule has 2 N–H and O–H groups in total. The van der Waals surface area contributed by atoms with Crippen molar-refractivity contribution in [3.05, 3.63) is 29.8 Å². The lowest BCUT2D eigenvalue weighted by Gasteiger charge is -2.31. The summed E-state index contributed by atoms with van der Waals surface area (Å²) >= 11 is 2.87. The summed E-state index contributed by atoms with van der Waals surface area (Å²) in [5.41, 5.74) is 2.15.